The molecule has 1 aromatic rings. The molecule has 8 heteroatoms. The number of carbonyl (C=O) groups excluding carboxylic acids is 3. The van der Waals surface area contributed by atoms with E-state index in [9.17, 15) is 23.2 Å². The lowest BCUT2D eigenvalue weighted by Crippen LogP contribution is -2.41. The molecule has 0 unspecified atom stereocenters. The van der Waals surface area contributed by atoms with Gasteiger partial charge in [-0.25, -0.2) is 8.78 Å². The monoisotopic (exact) mass is 355 g/mol. The summed E-state index contributed by atoms with van der Waals surface area (Å²) in [6.45, 7) is 4.79. The van der Waals surface area contributed by atoms with E-state index in [1.54, 1.807) is 4.90 Å². The van der Waals surface area contributed by atoms with Crippen LogP contribution in [0.1, 0.15) is 30.6 Å². The number of rotatable bonds is 8. The molecule has 0 radical (unpaired) electrons. The molecule has 0 aliphatic carbocycles. The number of benzene rings is 1. The predicted octanol–water partition coefficient (Wildman–Crippen LogP) is 1.41. The summed E-state index contributed by atoms with van der Waals surface area (Å²) in [5.41, 5.74) is -0.293. The summed E-state index contributed by atoms with van der Waals surface area (Å²) < 4.78 is 26.3. The van der Waals surface area contributed by atoms with Crippen molar-refractivity contribution in [1.82, 2.24) is 15.1 Å². The van der Waals surface area contributed by atoms with Gasteiger partial charge in [0.2, 0.25) is 11.8 Å². The van der Waals surface area contributed by atoms with Crippen molar-refractivity contribution >= 4 is 17.7 Å². The fourth-order valence-electron chi connectivity index (χ4n) is 2.21. The fourth-order valence-corrected chi connectivity index (χ4v) is 2.21. The summed E-state index contributed by atoms with van der Waals surface area (Å²) in [5.74, 6) is -2.94. The van der Waals surface area contributed by atoms with E-state index in [-0.39, 0.29) is 36.9 Å². The van der Waals surface area contributed by atoms with Crippen LogP contribution in [0.3, 0.4) is 0 Å². The van der Waals surface area contributed by atoms with E-state index in [0.29, 0.717) is 19.2 Å². The molecule has 0 fully saturated rings. The van der Waals surface area contributed by atoms with Gasteiger partial charge in [0.1, 0.15) is 11.6 Å². The molecule has 3 amide bonds. The Labute approximate surface area is 145 Å². The SMILES string of the molecule is CCN(CC)C(=O)CN(C)C(=O)CCNC(=O)c1ccc(F)cc1F. The second kappa shape index (κ2) is 9.71. The summed E-state index contributed by atoms with van der Waals surface area (Å²) in [4.78, 5) is 38.6. The summed E-state index contributed by atoms with van der Waals surface area (Å²) in [6, 6.07) is 2.64. The van der Waals surface area contributed by atoms with Crippen molar-refractivity contribution in [3.05, 3.63) is 35.4 Å². The van der Waals surface area contributed by atoms with Crippen LogP contribution in [0.15, 0.2) is 18.2 Å². The lowest BCUT2D eigenvalue weighted by Gasteiger charge is -2.23. The summed E-state index contributed by atoms with van der Waals surface area (Å²) in [7, 11) is 1.51. The number of halogens is 2. The van der Waals surface area contributed by atoms with E-state index in [4.69, 9.17) is 0 Å². The van der Waals surface area contributed by atoms with E-state index in [0.717, 1.165) is 12.1 Å². The number of hydrogen-bond donors (Lipinski definition) is 1. The highest BCUT2D eigenvalue weighted by Gasteiger charge is 2.17. The molecular formula is C17H23F2N3O3. The van der Waals surface area contributed by atoms with Crippen LogP contribution in [0.5, 0.6) is 0 Å². The van der Waals surface area contributed by atoms with Crippen molar-refractivity contribution in [2.75, 3.05) is 33.2 Å². The van der Waals surface area contributed by atoms with Gasteiger partial charge in [-0.05, 0) is 26.0 Å². The first-order valence-electron chi connectivity index (χ1n) is 8.05. The zero-order valence-corrected chi connectivity index (χ0v) is 14.6. The average molecular weight is 355 g/mol. The summed E-state index contributed by atoms with van der Waals surface area (Å²) in [5, 5.41) is 2.40. The third kappa shape index (κ3) is 6.13. The number of nitrogens with zero attached hydrogens (tertiary/aromatic N) is 2. The molecule has 1 N–H and O–H groups in total. The second-order valence-electron chi connectivity index (χ2n) is 5.45. The third-order valence-corrected chi connectivity index (χ3v) is 3.71. The van der Waals surface area contributed by atoms with Gasteiger partial charge in [0.05, 0.1) is 12.1 Å². The second-order valence-corrected chi connectivity index (χ2v) is 5.45. The van der Waals surface area contributed by atoms with E-state index < -0.39 is 17.5 Å². The Bertz CT molecular complexity index is 634. The minimum absolute atomic E-state index is 0.0156. The van der Waals surface area contributed by atoms with Crippen LogP contribution in [0, 0.1) is 11.6 Å². The molecule has 6 nitrogen and oxygen atoms in total. The maximum atomic E-state index is 13.5. The van der Waals surface area contributed by atoms with Gasteiger partial charge in [-0.15, -0.1) is 0 Å². The van der Waals surface area contributed by atoms with Gasteiger partial charge in [0, 0.05) is 39.2 Å². The van der Waals surface area contributed by atoms with Gasteiger partial charge >= 0.3 is 0 Å². The average Bonchev–Trinajstić information content (AvgIpc) is 2.55. The van der Waals surface area contributed by atoms with Crippen LogP contribution in [-0.4, -0.2) is 60.7 Å². The zero-order valence-electron chi connectivity index (χ0n) is 14.6. The molecule has 0 heterocycles. The fraction of sp³-hybridized carbons (Fsp3) is 0.471. The van der Waals surface area contributed by atoms with E-state index in [1.165, 1.54) is 11.9 Å². The standard InChI is InChI=1S/C17H23F2N3O3/c1-4-22(5-2)16(24)11-21(3)15(23)8-9-20-17(25)13-7-6-12(18)10-14(13)19/h6-7,10H,4-5,8-9,11H2,1-3H3,(H,20,25). The van der Waals surface area contributed by atoms with Crippen LogP contribution < -0.4 is 5.32 Å². The highest BCUT2D eigenvalue weighted by Crippen LogP contribution is 2.09. The number of carbonyl (C=O) groups is 3. The van der Waals surface area contributed by atoms with Crippen molar-refractivity contribution in [3.8, 4) is 0 Å². The Kier molecular flexibility index (Phi) is 7.97. The van der Waals surface area contributed by atoms with Crippen LogP contribution in [0.2, 0.25) is 0 Å². The topological polar surface area (TPSA) is 69.7 Å². The quantitative estimate of drug-likeness (QED) is 0.767. The molecule has 0 bridgehead atoms. The lowest BCUT2D eigenvalue weighted by molar-refractivity contribution is -0.139. The molecule has 1 aromatic carbocycles. The molecule has 0 spiro atoms. The first kappa shape index (κ1) is 20.5. The van der Waals surface area contributed by atoms with Crippen molar-refractivity contribution in [2.45, 2.75) is 20.3 Å². The minimum Gasteiger partial charge on any atom is -0.351 e. The molecular weight excluding hydrogens is 332 g/mol. The molecule has 0 saturated heterocycles. The minimum atomic E-state index is -0.967. The largest absolute Gasteiger partial charge is 0.351 e. The molecule has 138 valence electrons. The zero-order chi connectivity index (χ0) is 19.0. The molecule has 0 aromatic heterocycles. The van der Waals surface area contributed by atoms with Gasteiger partial charge in [0.25, 0.3) is 5.91 Å². The first-order valence-corrected chi connectivity index (χ1v) is 8.05. The highest BCUT2D eigenvalue weighted by atomic mass is 19.1. The van der Waals surface area contributed by atoms with Crippen molar-refractivity contribution in [1.29, 1.82) is 0 Å². The van der Waals surface area contributed by atoms with Gasteiger partial charge in [0.15, 0.2) is 0 Å². The Hall–Kier alpha value is -2.51. The third-order valence-electron chi connectivity index (χ3n) is 3.71. The lowest BCUT2D eigenvalue weighted by atomic mass is 10.2. The molecule has 0 saturated carbocycles. The summed E-state index contributed by atoms with van der Waals surface area (Å²) >= 11 is 0. The van der Waals surface area contributed by atoms with E-state index >= 15 is 0 Å². The van der Waals surface area contributed by atoms with Gasteiger partial charge in [-0.1, -0.05) is 0 Å². The number of nitrogens with one attached hydrogen (secondary N) is 1. The maximum Gasteiger partial charge on any atom is 0.254 e. The van der Waals surface area contributed by atoms with Crippen LogP contribution in [0.25, 0.3) is 0 Å². The Morgan fingerprint density at radius 2 is 1.72 bits per heavy atom. The maximum absolute atomic E-state index is 13.5. The van der Waals surface area contributed by atoms with Crippen molar-refractivity contribution in [3.63, 3.8) is 0 Å². The number of likely N-dealkylation sites (N-methyl/N-ethyl adjacent to an activating group) is 2. The van der Waals surface area contributed by atoms with Crippen LogP contribution in [-0.2, 0) is 9.59 Å². The predicted molar refractivity (Wildman–Crippen MR) is 88.9 cm³/mol. The smallest absolute Gasteiger partial charge is 0.254 e. The molecule has 1 rings (SSSR count). The van der Waals surface area contributed by atoms with Gasteiger partial charge in [-0.2, -0.15) is 0 Å². The normalized spacial score (nSPS) is 10.3. The van der Waals surface area contributed by atoms with Crippen LogP contribution >= 0.6 is 0 Å². The van der Waals surface area contributed by atoms with Crippen LogP contribution in [0.4, 0.5) is 8.78 Å². The highest BCUT2D eigenvalue weighted by molar-refractivity contribution is 5.94. The van der Waals surface area contributed by atoms with Crippen molar-refractivity contribution in [2.24, 2.45) is 0 Å². The Morgan fingerprint density at radius 3 is 2.28 bits per heavy atom. The van der Waals surface area contributed by atoms with E-state index in [2.05, 4.69) is 5.32 Å². The molecule has 0 aliphatic rings. The van der Waals surface area contributed by atoms with Gasteiger partial charge < -0.3 is 15.1 Å². The Morgan fingerprint density at radius 1 is 1.08 bits per heavy atom. The van der Waals surface area contributed by atoms with Crippen molar-refractivity contribution < 1.29 is 23.2 Å². The number of amides is 3. The van der Waals surface area contributed by atoms with E-state index in [1.807, 2.05) is 13.8 Å². The Balaban J connectivity index is 2.45. The molecule has 0 aliphatic heterocycles. The van der Waals surface area contributed by atoms with Gasteiger partial charge in [-0.3, -0.25) is 14.4 Å². The first-order chi connectivity index (χ1) is 11.8. The molecule has 0 atom stereocenters. The number of hydrogen-bond acceptors (Lipinski definition) is 3. The molecule has 25 heavy (non-hydrogen) atoms. The summed E-state index contributed by atoms with van der Waals surface area (Å²) in [6.07, 6.45) is -0.0312.